The summed E-state index contributed by atoms with van der Waals surface area (Å²) in [6.45, 7) is 0. The third-order valence-electron chi connectivity index (χ3n) is 4.14. The molecular formula is C23H21N5O3. The fourth-order valence-electron chi connectivity index (χ4n) is 2.66. The van der Waals surface area contributed by atoms with Crippen LogP contribution in [0, 0.1) is 0 Å². The largest absolute Gasteiger partial charge is 0.399 e. The van der Waals surface area contributed by atoms with Crippen molar-refractivity contribution < 1.29 is 14.4 Å². The van der Waals surface area contributed by atoms with Crippen molar-refractivity contribution in [2.75, 3.05) is 16.1 Å². The number of benzene rings is 3. The highest BCUT2D eigenvalue weighted by Gasteiger charge is 2.21. The monoisotopic (exact) mass is 415 g/mol. The molecule has 0 aliphatic rings. The molecule has 31 heavy (non-hydrogen) atoms. The Morgan fingerprint density at radius 2 is 1.42 bits per heavy atom. The molecule has 0 atom stereocenters. The van der Waals surface area contributed by atoms with E-state index in [9.17, 15) is 14.4 Å². The molecule has 3 N–H and O–H groups in total. The molecule has 3 aromatic carbocycles. The summed E-state index contributed by atoms with van der Waals surface area (Å²) in [6, 6.07) is 24.1. The number of carbonyl (C=O) groups is 3. The normalized spacial score (nSPS) is 10.6. The van der Waals surface area contributed by atoms with Gasteiger partial charge in [0.2, 0.25) is 5.91 Å². The number of hydrogen-bond acceptors (Lipinski definition) is 6. The summed E-state index contributed by atoms with van der Waals surface area (Å²) in [5, 5.41) is 11.7. The van der Waals surface area contributed by atoms with Gasteiger partial charge in [-0.25, -0.2) is 0 Å². The standard InChI is InChI=1S/C23H21N5O3/c24-17-11-13-20(14-12-17)28(27-26-19-9-5-2-6-10-19)23(31)16-21(29)15-22(30)25-18-7-3-1-4-8-18/h1-14H,15-16,24H2,(H,25,30). The molecule has 0 bridgehead atoms. The maximum absolute atomic E-state index is 12.8. The average Bonchev–Trinajstić information content (AvgIpc) is 2.76. The predicted octanol–water partition coefficient (Wildman–Crippen LogP) is 4.29. The lowest BCUT2D eigenvalue weighted by atomic mass is 10.2. The lowest BCUT2D eigenvalue weighted by molar-refractivity contribution is -0.129. The van der Waals surface area contributed by atoms with Crippen LogP contribution in [0.5, 0.6) is 0 Å². The van der Waals surface area contributed by atoms with Gasteiger partial charge in [0.05, 0.1) is 24.2 Å². The van der Waals surface area contributed by atoms with Crippen LogP contribution in [0.3, 0.4) is 0 Å². The van der Waals surface area contributed by atoms with Crippen molar-refractivity contribution in [3.63, 3.8) is 0 Å². The Morgan fingerprint density at radius 3 is 2.06 bits per heavy atom. The summed E-state index contributed by atoms with van der Waals surface area (Å²) in [5.74, 6) is -1.63. The number of rotatable bonds is 8. The number of nitrogens with two attached hydrogens (primary N) is 1. The van der Waals surface area contributed by atoms with E-state index in [2.05, 4.69) is 15.7 Å². The Hall–Kier alpha value is -4.33. The summed E-state index contributed by atoms with van der Waals surface area (Å²) < 4.78 is 0. The number of Topliss-reactive ketones (excluding diaryl/α,β-unsaturated/α-hetero) is 1. The van der Waals surface area contributed by atoms with Crippen molar-refractivity contribution in [1.82, 2.24) is 0 Å². The van der Waals surface area contributed by atoms with Crippen LogP contribution in [0.2, 0.25) is 0 Å². The first kappa shape index (κ1) is 21.4. The number of carbonyl (C=O) groups excluding carboxylic acids is 3. The molecule has 8 nitrogen and oxygen atoms in total. The van der Waals surface area contributed by atoms with Gasteiger partial charge in [0.25, 0.3) is 5.91 Å². The molecular weight excluding hydrogens is 394 g/mol. The van der Waals surface area contributed by atoms with Gasteiger partial charge < -0.3 is 11.1 Å². The molecule has 0 saturated heterocycles. The minimum absolute atomic E-state index is 0.403. The van der Waals surface area contributed by atoms with Crippen molar-refractivity contribution >= 4 is 40.3 Å². The van der Waals surface area contributed by atoms with Crippen LogP contribution in [-0.2, 0) is 14.4 Å². The summed E-state index contributed by atoms with van der Waals surface area (Å²) >= 11 is 0. The number of nitrogens with zero attached hydrogens (tertiary/aromatic N) is 3. The summed E-state index contributed by atoms with van der Waals surface area (Å²) in [6.07, 6.45) is -0.924. The Bertz CT molecular complexity index is 1070. The van der Waals surface area contributed by atoms with Crippen LogP contribution < -0.4 is 16.1 Å². The minimum atomic E-state index is -0.609. The van der Waals surface area contributed by atoms with E-state index in [4.69, 9.17) is 5.73 Å². The second-order valence-corrected chi connectivity index (χ2v) is 6.63. The summed E-state index contributed by atoms with van der Waals surface area (Å²) in [7, 11) is 0. The fraction of sp³-hybridized carbons (Fsp3) is 0.0870. The maximum Gasteiger partial charge on any atom is 0.256 e. The lowest BCUT2D eigenvalue weighted by Gasteiger charge is -2.15. The fourth-order valence-corrected chi connectivity index (χ4v) is 2.66. The molecule has 0 aliphatic heterocycles. The van der Waals surface area contributed by atoms with Crippen molar-refractivity contribution in [1.29, 1.82) is 0 Å². The van der Waals surface area contributed by atoms with Crippen molar-refractivity contribution in [2.24, 2.45) is 10.3 Å². The molecule has 0 aromatic heterocycles. The number of amides is 2. The van der Waals surface area contributed by atoms with Crippen molar-refractivity contribution in [3.8, 4) is 0 Å². The molecule has 0 aliphatic carbocycles. The maximum atomic E-state index is 12.8. The van der Waals surface area contributed by atoms with Gasteiger partial charge in [0.1, 0.15) is 0 Å². The quantitative estimate of drug-likeness (QED) is 0.247. The van der Waals surface area contributed by atoms with Crippen molar-refractivity contribution in [3.05, 3.63) is 84.9 Å². The first-order chi connectivity index (χ1) is 15.0. The molecule has 8 heteroatoms. The average molecular weight is 415 g/mol. The van der Waals surface area contributed by atoms with Gasteiger partial charge in [-0.2, -0.15) is 5.01 Å². The Balaban J connectivity index is 1.68. The smallest absolute Gasteiger partial charge is 0.256 e. The van der Waals surface area contributed by atoms with Crippen LogP contribution in [-0.4, -0.2) is 17.6 Å². The number of para-hydroxylation sites is 1. The number of nitrogens with one attached hydrogen (secondary N) is 1. The SMILES string of the molecule is Nc1ccc(N(N=Nc2ccccc2)C(=O)CC(=O)CC(=O)Nc2ccccc2)cc1. The van der Waals surface area contributed by atoms with Crippen LogP contribution in [0.25, 0.3) is 0 Å². The number of nitrogen functional groups attached to an aromatic ring is 1. The van der Waals surface area contributed by atoms with E-state index >= 15 is 0 Å². The Morgan fingerprint density at radius 1 is 0.806 bits per heavy atom. The molecule has 3 aromatic rings. The second-order valence-electron chi connectivity index (χ2n) is 6.63. The molecule has 0 saturated carbocycles. The van der Waals surface area contributed by atoms with Crippen LogP contribution in [0.4, 0.5) is 22.7 Å². The van der Waals surface area contributed by atoms with Gasteiger partial charge in [0, 0.05) is 11.4 Å². The molecule has 0 radical (unpaired) electrons. The highest BCUT2D eigenvalue weighted by atomic mass is 16.2. The highest BCUT2D eigenvalue weighted by Crippen LogP contribution is 2.20. The number of ketones is 1. The van der Waals surface area contributed by atoms with E-state index in [1.165, 1.54) is 0 Å². The molecule has 156 valence electrons. The zero-order valence-electron chi connectivity index (χ0n) is 16.6. The molecule has 2 amide bonds. The van der Waals surface area contributed by atoms with Gasteiger partial charge in [-0.05, 0) is 48.5 Å². The van der Waals surface area contributed by atoms with E-state index in [0.717, 1.165) is 5.01 Å². The Labute approximate surface area is 179 Å². The van der Waals surface area contributed by atoms with Crippen LogP contribution >= 0.6 is 0 Å². The van der Waals surface area contributed by atoms with Gasteiger partial charge in [-0.15, -0.1) is 5.11 Å². The van der Waals surface area contributed by atoms with Crippen molar-refractivity contribution in [2.45, 2.75) is 12.8 Å². The predicted molar refractivity (Wildman–Crippen MR) is 119 cm³/mol. The van der Waals surface area contributed by atoms with Crippen LogP contribution in [0.1, 0.15) is 12.8 Å². The first-order valence-corrected chi connectivity index (χ1v) is 9.53. The third-order valence-corrected chi connectivity index (χ3v) is 4.14. The minimum Gasteiger partial charge on any atom is -0.399 e. The second kappa shape index (κ2) is 10.4. The van der Waals surface area contributed by atoms with E-state index in [0.29, 0.717) is 22.7 Å². The molecule has 0 heterocycles. The van der Waals surface area contributed by atoms with E-state index < -0.39 is 30.4 Å². The van der Waals surface area contributed by atoms with E-state index in [-0.39, 0.29) is 0 Å². The molecule has 0 spiro atoms. The van der Waals surface area contributed by atoms with Gasteiger partial charge >= 0.3 is 0 Å². The number of hydrogen-bond donors (Lipinski definition) is 2. The topological polar surface area (TPSA) is 117 Å². The van der Waals surface area contributed by atoms with Crippen LogP contribution in [0.15, 0.2) is 95.3 Å². The van der Waals surface area contributed by atoms with E-state index in [1.54, 1.807) is 72.8 Å². The third kappa shape index (κ3) is 6.60. The molecule has 0 unspecified atom stereocenters. The summed E-state index contributed by atoms with van der Waals surface area (Å²) in [5.41, 5.74) is 7.75. The highest BCUT2D eigenvalue weighted by molar-refractivity contribution is 6.12. The van der Waals surface area contributed by atoms with Gasteiger partial charge in [0.15, 0.2) is 5.78 Å². The van der Waals surface area contributed by atoms with Gasteiger partial charge in [-0.1, -0.05) is 41.6 Å². The van der Waals surface area contributed by atoms with E-state index in [1.807, 2.05) is 12.1 Å². The molecule has 3 rings (SSSR count). The lowest BCUT2D eigenvalue weighted by Crippen LogP contribution is -2.28. The van der Waals surface area contributed by atoms with Gasteiger partial charge in [-0.3, -0.25) is 14.4 Å². The first-order valence-electron chi connectivity index (χ1n) is 9.53. The zero-order valence-corrected chi connectivity index (χ0v) is 16.6. The zero-order chi connectivity index (χ0) is 22.1. The molecule has 0 fully saturated rings. The summed E-state index contributed by atoms with van der Waals surface area (Å²) in [4.78, 5) is 37.2. The number of anilines is 3. The Kier molecular flexibility index (Phi) is 7.21.